The van der Waals surface area contributed by atoms with Crippen LogP contribution in [-0.2, 0) is 0 Å². The minimum absolute atomic E-state index is 0.447. The van der Waals surface area contributed by atoms with E-state index in [9.17, 15) is 0 Å². The molecule has 1 aromatic carbocycles. The Balaban J connectivity index is 1.90. The highest BCUT2D eigenvalue weighted by molar-refractivity contribution is 7.24. The molecule has 23 heavy (non-hydrogen) atoms. The number of thiazole rings is 1. The lowest BCUT2D eigenvalue weighted by Gasteiger charge is -2.02. The van der Waals surface area contributed by atoms with Gasteiger partial charge >= 0.3 is 0 Å². The van der Waals surface area contributed by atoms with Gasteiger partial charge in [-0.2, -0.15) is 9.61 Å². The molecule has 0 spiro atoms. The molecule has 0 amide bonds. The summed E-state index contributed by atoms with van der Waals surface area (Å²) in [6, 6.07) is 5.42. The quantitative estimate of drug-likeness (QED) is 0.495. The number of hydrogen-bond acceptors (Lipinski definition) is 6. The van der Waals surface area contributed by atoms with Crippen LogP contribution in [0.25, 0.3) is 26.2 Å². The Hall–Kier alpha value is -1.54. The van der Waals surface area contributed by atoms with Gasteiger partial charge in [-0.15, -0.1) is 21.5 Å². The van der Waals surface area contributed by atoms with E-state index in [2.05, 4.69) is 20.3 Å². The second-order valence-electron chi connectivity index (χ2n) is 4.87. The molecule has 9 heteroatoms. The van der Waals surface area contributed by atoms with Crippen molar-refractivity contribution < 1.29 is 0 Å². The summed E-state index contributed by atoms with van der Waals surface area (Å²) in [5.74, 6) is 0.578. The molecule has 0 unspecified atom stereocenters. The van der Waals surface area contributed by atoms with Crippen molar-refractivity contribution in [2.24, 2.45) is 0 Å². The fraction of sp³-hybridized carbons (Fsp3) is 0.143. The van der Waals surface area contributed by atoms with Crippen molar-refractivity contribution in [3.8, 4) is 21.3 Å². The van der Waals surface area contributed by atoms with Crippen molar-refractivity contribution in [2.45, 2.75) is 13.8 Å². The zero-order chi connectivity index (χ0) is 16.1. The highest BCUT2D eigenvalue weighted by atomic mass is 35.5. The predicted octanol–water partition coefficient (Wildman–Crippen LogP) is 4.90. The van der Waals surface area contributed by atoms with Crippen LogP contribution in [0.4, 0.5) is 0 Å². The summed E-state index contributed by atoms with van der Waals surface area (Å²) in [7, 11) is 0. The molecule has 0 N–H and O–H groups in total. The van der Waals surface area contributed by atoms with E-state index >= 15 is 0 Å². The molecule has 116 valence electrons. The molecule has 4 aromatic rings. The third-order valence-corrected chi connectivity index (χ3v) is 6.23. The molecule has 3 heterocycles. The summed E-state index contributed by atoms with van der Waals surface area (Å²) in [5, 5.41) is 15.9. The summed E-state index contributed by atoms with van der Waals surface area (Å²) < 4.78 is 1.70. The van der Waals surface area contributed by atoms with Gasteiger partial charge < -0.3 is 0 Å². The number of fused-ring (bicyclic) bond motifs is 1. The molecule has 0 atom stereocenters. The van der Waals surface area contributed by atoms with E-state index in [1.807, 2.05) is 26.0 Å². The Morgan fingerprint density at radius 3 is 2.65 bits per heavy atom. The van der Waals surface area contributed by atoms with E-state index in [4.69, 9.17) is 23.2 Å². The third-order valence-electron chi connectivity index (χ3n) is 3.28. The van der Waals surface area contributed by atoms with Gasteiger partial charge in [-0.25, -0.2) is 4.98 Å². The van der Waals surface area contributed by atoms with E-state index in [-0.39, 0.29) is 0 Å². The van der Waals surface area contributed by atoms with Crippen molar-refractivity contribution in [1.29, 1.82) is 0 Å². The maximum Gasteiger partial charge on any atom is 0.235 e. The van der Waals surface area contributed by atoms with Gasteiger partial charge in [-0.1, -0.05) is 40.6 Å². The summed E-state index contributed by atoms with van der Waals surface area (Å²) in [5.41, 5.74) is 1.68. The van der Waals surface area contributed by atoms with E-state index in [1.165, 1.54) is 11.3 Å². The lowest BCUT2D eigenvalue weighted by molar-refractivity contribution is 0.971. The smallest absolute Gasteiger partial charge is 0.235 e. The van der Waals surface area contributed by atoms with Gasteiger partial charge in [0.25, 0.3) is 0 Å². The molecule has 0 aliphatic rings. The fourth-order valence-electron chi connectivity index (χ4n) is 2.28. The minimum atomic E-state index is 0.447. The molecule has 5 nitrogen and oxygen atoms in total. The number of aromatic nitrogens is 5. The van der Waals surface area contributed by atoms with Crippen LogP contribution in [0.5, 0.6) is 0 Å². The Morgan fingerprint density at radius 2 is 1.91 bits per heavy atom. The normalized spacial score (nSPS) is 11.5. The van der Waals surface area contributed by atoms with Crippen LogP contribution in [0.2, 0.25) is 10.0 Å². The van der Waals surface area contributed by atoms with Gasteiger partial charge in [-0.3, -0.25) is 0 Å². The SMILES string of the molecule is Cc1nc(C)c(-c2nn3c(-c4cccc(Cl)c4Cl)nnc3s2)s1. The van der Waals surface area contributed by atoms with Crippen LogP contribution in [0.15, 0.2) is 18.2 Å². The van der Waals surface area contributed by atoms with Crippen LogP contribution >= 0.6 is 45.9 Å². The maximum absolute atomic E-state index is 6.29. The van der Waals surface area contributed by atoms with E-state index in [1.54, 1.807) is 21.9 Å². The van der Waals surface area contributed by atoms with E-state index in [0.29, 0.717) is 26.4 Å². The monoisotopic (exact) mass is 381 g/mol. The molecule has 0 saturated heterocycles. The molecule has 0 radical (unpaired) electrons. The van der Waals surface area contributed by atoms with E-state index in [0.717, 1.165) is 20.6 Å². The lowest BCUT2D eigenvalue weighted by atomic mass is 10.2. The minimum Gasteiger partial charge on any atom is -0.246 e. The molecule has 3 aromatic heterocycles. The number of halogens is 2. The largest absolute Gasteiger partial charge is 0.246 e. The predicted molar refractivity (Wildman–Crippen MR) is 94.7 cm³/mol. The number of aryl methyl sites for hydroxylation is 2. The molecular weight excluding hydrogens is 373 g/mol. The third kappa shape index (κ3) is 2.44. The second kappa shape index (κ2) is 5.52. The van der Waals surface area contributed by atoms with Crippen molar-refractivity contribution in [2.75, 3.05) is 0 Å². The molecule has 0 fully saturated rings. The van der Waals surface area contributed by atoms with Crippen molar-refractivity contribution in [3.63, 3.8) is 0 Å². The fourth-order valence-corrected chi connectivity index (χ4v) is 4.55. The average molecular weight is 382 g/mol. The summed E-state index contributed by atoms with van der Waals surface area (Å²) >= 11 is 15.5. The van der Waals surface area contributed by atoms with Crippen LogP contribution in [0.1, 0.15) is 10.7 Å². The first-order valence-electron chi connectivity index (χ1n) is 6.65. The topological polar surface area (TPSA) is 56.0 Å². The summed E-state index contributed by atoms with van der Waals surface area (Å²) in [4.78, 5) is 6.21. The summed E-state index contributed by atoms with van der Waals surface area (Å²) in [6.07, 6.45) is 0. The molecule has 0 aliphatic heterocycles. The van der Waals surface area contributed by atoms with Crippen molar-refractivity contribution >= 4 is 50.8 Å². The second-order valence-corrected chi connectivity index (χ2v) is 7.82. The Bertz CT molecular complexity index is 1030. The highest BCUT2D eigenvalue weighted by Crippen LogP contribution is 2.36. The number of hydrogen-bond donors (Lipinski definition) is 0. The standard InChI is InChI=1S/C14H9Cl2N5S2/c1-6-11(22-7(2)17-6)13-20-21-12(18-19-14(21)23-13)8-4-3-5-9(15)10(8)16/h3-5H,1-2H3. The van der Waals surface area contributed by atoms with Crippen LogP contribution in [0, 0.1) is 13.8 Å². The Morgan fingerprint density at radius 1 is 1.09 bits per heavy atom. The first-order valence-corrected chi connectivity index (χ1v) is 9.04. The van der Waals surface area contributed by atoms with Gasteiger partial charge in [0.1, 0.15) is 0 Å². The van der Waals surface area contributed by atoms with Crippen LogP contribution in [0.3, 0.4) is 0 Å². The number of benzene rings is 1. The molecule has 0 bridgehead atoms. The van der Waals surface area contributed by atoms with Crippen LogP contribution in [-0.4, -0.2) is 24.8 Å². The van der Waals surface area contributed by atoms with Gasteiger partial charge in [0.2, 0.25) is 4.96 Å². The van der Waals surface area contributed by atoms with Crippen molar-refractivity contribution in [3.05, 3.63) is 38.9 Å². The van der Waals surface area contributed by atoms with Crippen molar-refractivity contribution in [1.82, 2.24) is 24.8 Å². The molecular formula is C14H9Cl2N5S2. The molecule has 0 aliphatic carbocycles. The van der Waals surface area contributed by atoms with Gasteiger partial charge in [0.15, 0.2) is 10.8 Å². The summed E-state index contributed by atoms with van der Waals surface area (Å²) in [6.45, 7) is 3.97. The molecule has 4 rings (SSSR count). The molecule has 0 saturated carbocycles. The lowest BCUT2D eigenvalue weighted by Crippen LogP contribution is -1.92. The zero-order valence-corrected chi connectivity index (χ0v) is 15.2. The zero-order valence-electron chi connectivity index (χ0n) is 12.0. The van der Waals surface area contributed by atoms with Gasteiger partial charge in [0, 0.05) is 5.56 Å². The first-order chi connectivity index (χ1) is 11.0. The first kappa shape index (κ1) is 15.0. The van der Waals surface area contributed by atoms with Gasteiger partial charge in [0.05, 0.1) is 25.6 Å². The van der Waals surface area contributed by atoms with E-state index < -0.39 is 0 Å². The average Bonchev–Trinajstić information content (AvgIpc) is 3.16. The Labute approximate surface area is 149 Å². The number of rotatable bonds is 2. The number of nitrogens with zero attached hydrogens (tertiary/aromatic N) is 5. The highest BCUT2D eigenvalue weighted by Gasteiger charge is 2.19. The van der Waals surface area contributed by atoms with Gasteiger partial charge in [-0.05, 0) is 26.0 Å². The maximum atomic E-state index is 6.29. The Kier molecular flexibility index (Phi) is 3.60. The van der Waals surface area contributed by atoms with Crippen LogP contribution < -0.4 is 0 Å².